The van der Waals surface area contributed by atoms with Crippen LogP contribution in [-0.4, -0.2) is 15.9 Å². The van der Waals surface area contributed by atoms with E-state index in [0.717, 1.165) is 5.52 Å². The molecule has 2 heterocycles. The molecule has 0 aliphatic carbocycles. The van der Waals surface area contributed by atoms with Crippen LogP contribution in [0.5, 0.6) is 0 Å². The number of anilines is 1. The van der Waals surface area contributed by atoms with Gasteiger partial charge in [0.1, 0.15) is 10.7 Å². The molecule has 0 spiro atoms. The molecule has 0 unspecified atom stereocenters. The molecule has 2 aromatic carbocycles. The summed E-state index contributed by atoms with van der Waals surface area (Å²) in [6, 6.07) is 15.7. The molecule has 7 heteroatoms. The van der Waals surface area contributed by atoms with Gasteiger partial charge in [0.15, 0.2) is 5.58 Å². The second-order valence-corrected chi connectivity index (χ2v) is 6.24. The molecule has 0 saturated carbocycles. The molecule has 0 aliphatic rings. The minimum atomic E-state index is -0.367. The number of nitrogens with one attached hydrogen (secondary N) is 1. The number of benzene rings is 2. The summed E-state index contributed by atoms with van der Waals surface area (Å²) in [4.78, 5) is 20.7. The Kier molecular flexibility index (Phi) is 4.32. The monoisotopic (exact) mass is 383 g/mol. The number of fused-ring (bicyclic) bond motifs is 1. The van der Waals surface area contributed by atoms with Gasteiger partial charge in [0.25, 0.3) is 5.91 Å². The maximum Gasteiger partial charge on any atom is 0.258 e. The molecule has 0 atom stereocenters. The fourth-order valence-corrected chi connectivity index (χ4v) is 2.91. The first-order valence-corrected chi connectivity index (χ1v) is 8.45. The molecule has 26 heavy (non-hydrogen) atoms. The van der Waals surface area contributed by atoms with Crippen molar-refractivity contribution in [2.24, 2.45) is 0 Å². The van der Waals surface area contributed by atoms with E-state index in [9.17, 15) is 4.79 Å². The van der Waals surface area contributed by atoms with Gasteiger partial charge in [-0.25, -0.2) is 9.97 Å². The van der Waals surface area contributed by atoms with Crippen LogP contribution in [0.1, 0.15) is 10.4 Å². The predicted molar refractivity (Wildman–Crippen MR) is 102 cm³/mol. The summed E-state index contributed by atoms with van der Waals surface area (Å²) in [5.41, 5.74) is 2.80. The van der Waals surface area contributed by atoms with Crippen molar-refractivity contribution in [2.75, 3.05) is 5.32 Å². The molecule has 5 nitrogen and oxygen atoms in total. The zero-order valence-corrected chi connectivity index (χ0v) is 14.8. The highest BCUT2D eigenvalue weighted by Gasteiger charge is 2.15. The number of oxazole rings is 1. The van der Waals surface area contributed by atoms with E-state index in [2.05, 4.69) is 15.3 Å². The van der Waals surface area contributed by atoms with Gasteiger partial charge in [-0.3, -0.25) is 4.79 Å². The Morgan fingerprint density at radius 2 is 1.88 bits per heavy atom. The third-order valence-corrected chi connectivity index (χ3v) is 4.38. The number of para-hydroxylation sites is 2. The van der Waals surface area contributed by atoms with Crippen molar-refractivity contribution >= 4 is 45.9 Å². The van der Waals surface area contributed by atoms with Crippen LogP contribution in [0.25, 0.3) is 22.6 Å². The molecule has 1 N–H and O–H groups in total. The SMILES string of the molecule is O=C(Nc1ccc(Cl)c(-c2nc3ccccc3o2)c1)c1cccnc1Cl. The second kappa shape index (κ2) is 6.78. The van der Waals surface area contributed by atoms with Crippen molar-refractivity contribution < 1.29 is 9.21 Å². The molecular formula is C19H11Cl2N3O2. The zero-order chi connectivity index (χ0) is 18.1. The van der Waals surface area contributed by atoms with Gasteiger partial charge in [0, 0.05) is 11.9 Å². The Labute approximate surface area is 158 Å². The molecular weight excluding hydrogens is 373 g/mol. The first kappa shape index (κ1) is 16.6. The van der Waals surface area contributed by atoms with Crippen molar-refractivity contribution in [3.05, 3.63) is 76.5 Å². The minimum Gasteiger partial charge on any atom is -0.436 e. The smallest absolute Gasteiger partial charge is 0.258 e. The van der Waals surface area contributed by atoms with Gasteiger partial charge in [0.2, 0.25) is 5.89 Å². The molecule has 2 aromatic heterocycles. The highest BCUT2D eigenvalue weighted by molar-refractivity contribution is 6.34. The average Bonchev–Trinajstić information content (AvgIpc) is 3.07. The number of aromatic nitrogens is 2. The summed E-state index contributed by atoms with van der Waals surface area (Å²) in [5, 5.41) is 3.38. The number of hydrogen-bond donors (Lipinski definition) is 1. The number of pyridine rings is 1. The Morgan fingerprint density at radius 1 is 1.04 bits per heavy atom. The summed E-state index contributed by atoms with van der Waals surface area (Å²) in [6.07, 6.45) is 1.52. The zero-order valence-electron chi connectivity index (χ0n) is 13.2. The lowest BCUT2D eigenvalue weighted by Crippen LogP contribution is -2.12. The first-order chi connectivity index (χ1) is 12.6. The largest absolute Gasteiger partial charge is 0.436 e. The lowest BCUT2D eigenvalue weighted by atomic mass is 10.2. The molecule has 0 aliphatic heterocycles. The van der Waals surface area contributed by atoms with Crippen molar-refractivity contribution in [3.8, 4) is 11.5 Å². The molecule has 128 valence electrons. The van der Waals surface area contributed by atoms with E-state index in [-0.39, 0.29) is 16.6 Å². The quantitative estimate of drug-likeness (QED) is 0.477. The van der Waals surface area contributed by atoms with E-state index >= 15 is 0 Å². The van der Waals surface area contributed by atoms with Gasteiger partial charge in [-0.15, -0.1) is 0 Å². The van der Waals surface area contributed by atoms with Crippen LogP contribution in [0.3, 0.4) is 0 Å². The molecule has 0 saturated heterocycles. The molecule has 4 aromatic rings. The van der Waals surface area contributed by atoms with Crippen LogP contribution in [-0.2, 0) is 0 Å². The first-order valence-electron chi connectivity index (χ1n) is 7.69. The topological polar surface area (TPSA) is 68.0 Å². The Morgan fingerprint density at radius 3 is 2.69 bits per heavy atom. The van der Waals surface area contributed by atoms with Crippen molar-refractivity contribution in [3.63, 3.8) is 0 Å². The summed E-state index contributed by atoms with van der Waals surface area (Å²) in [7, 11) is 0. The number of rotatable bonds is 3. The second-order valence-electron chi connectivity index (χ2n) is 5.48. The highest BCUT2D eigenvalue weighted by atomic mass is 35.5. The van der Waals surface area contributed by atoms with Gasteiger partial charge in [-0.1, -0.05) is 35.3 Å². The number of halogens is 2. The van der Waals surface area contributed by atoms with Crippen LogP contribution in [0.4, 0.5) is 5.69 Å². The summed E-state index contributed by atoms with van der Waals surface area (Å²) >= 11 is 12.3. The molecule has 1 amide bonds. The van der Waals surface area contributed by atoms with Crippen molar-refractivity contribution in [2.45, 2.75) is 0 Å². The minimum absolute atomic E-state index is 0.137. The van der Waals surface area contributed by atoms with Gasteiger partial charge in [-0.2, -0.15) is 0 Å². The third kappa shape index (κ3) is 3.14. The highest BCUT2D eigenvalue weighted by Crippen LogP contribution is 2.32. The fourth-order valence-electron chi connectivity index (χ4n) is 2.51. The number of amides is 1. The van der Waals surface area contributed by atoms with Gasteiger partial charge >= 0.3 is 0 Å². The van der Waals surface area contributed by atoms with E-state index in [4.69, 9.17) is 27.6 Å². The Balaban J connectivity index is 1.68. The van der Waals surface area contributed by atoms with Crippen LogP contribution < -0.4 is 5.32 Å². The summed E-state index contributed by atoms with van der Waals surface area (Å²) < 4.78 is 5.76. The number of hydrogen-bond acceptors (Lipinski definition) is 4. The van der Waals surface area contributed by atoms with E-state index in [0.29, 0.717) is 27.7 Å². The molecule has 4 rings (SSSR count). The van der Waals surface area contributed by atoms with Gasteiger partial charge in [-0.05, 0) is 42.5 Å². The Hall–Kier alpha value is -2.89. The maximum atomic E-state index is 12.4. The van der Waals surface area contributed by atoms with Crippen LogP contribution in [0, 0.1) is 0 Å². The average molecular weight is 384 g/mol. The van der Waals surface area contributed by atoms with E-state index < -0.39 is 0 Å². The van der Waals surface area contributed by atoms with Crippen LogP contribution in [0.15, 0.2) is 65.2 Å². The number of nitrogens with zero attached hydrogens (tertiary/aromatic N) is 2. The Bertz CT molecular complexity index is 1090. The van der Waals surface area contributed by atoms with E-state index in [1.165, 1.54) is 6.20 Å². The molecule has 0 radical (unpaired) electrons. The van der Waals surface area contributed by atoms with Gasteiger partial charge < -0.3 is 9.73 Å². The predicted octanol–water partition coefficient (Wildman–Crippen LogP) is 5.45. The lowest BCUT2D eigenvalue weighted by Gasteiger charge is -2.08. The summed E-state index contributed by atoms with van der Waals surface area (Å²) in [6.45, 7) is 0. The third-order valence-electron chi connectivity index (χ3n) is 3.75. The van der Waals surface area contributed by atoms with E-state index in [1.54, 1.807) is 30.3 Å². The number of carbonyl (C=O) groups is 1. The van der Waals surface area contributed by atoms with Crippen LogP contribution >= 0.6 is 23.2 Å². The van der Waals surface area contributed by atoms with Crippen molar-refractivity contribution in [1.29, 1.82) is 0 Å². The van der Waals surface area contributed by atoms with Gasteiger partial charge in [0.05, 0.1) is 16.1 Å². The molecule has 0 bridgehead atoms. The summed E-state index contributed by atoms with van der Waals surface area (Å²) in [5.74, 6) is 0.0145. The standard InChI is InChI=1S/C19H11Cl2N3O2/c20-14-8-7-11(23-18(25)12-4-3-9-22-17(12)21)10-13(14)19-24-15-5-1-2-6-16(15)26-19/h1-10H,(H,23,25). The number of carbonyl (C=O) groups excluding carboxylic acids is 1. The fraction of sp³-hybridized carbons (Fsp3) is 0. The van der Waals surface area contributed by atoms with Crippen molar-refractivity contribution in [1.82, 2.24) is 9.97 Å². The molecule has 0 fully saturated rings. The lowest BCUT2D eigenvalue weighted by molar-refractivity contribution is 0.102. The van der Waals surface area contributed by atoms with Crippen LogP contribution in [0.2, 0.25) is 10.2 Å². The van der Waals surface area contributed by atoms with E-state index in [1.807, 2.05) is 24.3 Å². The normalized spacial score (nSPS) is 10.8. The maximum absolute atomic E-state index is 12.4.